The van der Waals surface area contributed by atoms with Crippen LogP contribution in [0.15, 0.2) is 21.3 Å². The van der Waals surface area contributed by atoms with E-state index in [9.17, 15) is 26.3 Å². The van der Waals surface area contributed by atoms with Crippen molar-refractivity contribution in [2.24, 2.45) is 5.92 Å². The van der Waals surface area contributed by atoms with Gasteiger partial charge >= 0.3 is 12.4 Å². The minimum absolute atomic E-state index is 0.180. The van der Waals surface area contributed by atoms with E-state index in [0.717, 1.165) is 12.2 Å². The van der Waals surface area contributed by atoms with Gasteiger partial charge in [-0.15, -0.1) is 0 Å². The highest BCUT2D eigenvalue weighted by atomic mass is 127. The first-order valence-electron chi connectivity index (χ1n) is 3.83. The molecule has 0 bridgehead atoms. The van der Waals surface area contributed by atoms with Gasteiger partial charge < -0.3 is 0 Å². The van der Waals surface area contributed by atoms with Gasteiger partial charge in [-0.2, -0.15) is 26.3 Å². The lowest BCUT2D eigenvalue weighted by Gasteiger charge is -2.23. The lowest BCUT2D eigenvalue weighted by atomic mass is 9.93. The Hall–Kier alpha value is -0.210. The molecule has 0 aromatic heterocycles. The van der Waals surface area contributed by atoms with Gasteiger partial charge in [0.05, 0.1) is 5.92 Å². The van der Waals surface area contributed by atoms with Gasteiger partial charge in [0.2, 0.25) is 0 Å². The van der Waals surface area contributed by atoms with Crippen LogP contribution < -0.4 is 0 Å². The first kappa shape index (κ1) is 12.9. The Morgan fingerprint density at radius 1 is 1.13 bits per heavy atom. The average molecular weight is 342 g/mol. The third-order valence-corrected chi connectivity index (χ3v) is 2.96. The van der Waals surface area contributed by atoms with Gasteiger partial charge in [-0.25, -0.2) is 0 Å². The van der Waals surface area contributed by atoms with Crippen LogP contribution in [0.5, 0.6) is 0 Å². The van der Waals surface area contributed by atoms with Gasteiger partial charge in [0.15, 0.2) is 0 Å². The molecule has 1 rings (SSSR count). The Balaban J connectivity index is 2.96. The Kier molecular flexibility index (Phi) is 3.42. The summed E-state index contributed by atoms with van der Waals surface area (Å²) >= 11 is 1.39. The molecule has 0 heterocycles. The second kappa shape index (κ2) is 3.99. The van der Waals surface area contributed by atoms with Crippen LogP contribution in [0.25, 0.3) is 0 Å². The Morgan fingerprint density at radius 3 is 2.07 bits per heavy atom. The third-order valence-electron chi connectivity index (χ3n) is 1.95. The molecule has 0 fully saturated rings. The summed E-state index contributed by atoms with van der Waals surface area (Å²) in [6.07, 6.45) is -8.71. The lowest BCUT2D eigenvalue weighted by molar-refractivity contribution is -0.165. The Morgan fingerprint density at radius 2 is 1.67 bits per heavy atom. The molecule has 0 amide bonds. The highest BCUT2D eigenvalue weighted by molar-refractivity contribution is 14.1. The number of rotatable bonds is 0. The fourth-order valence-electron chi connectivity index (χ4n) is 1.16. The SMILES string of the molecule is FC(F)(F)C1=C(I)C=CC(C(F)(F)F)C1. The van der Waals surface area contributed by atoms with Crippen LogP contribution in [0, 0.1) is 5.92 Å². The number of allylic oxidation sites excluding steroid dienone is 4. The number of alkyl halides is 6. The molecular weight excluding hydrogens is 337 g/mol. The van der Waals surface area contributed by atoms with E-state index in [2.05, 4.69) is 0 Å². The van der Waals surface area contributed by atoms with Gasteiger partial charge in [-0.3, -0.25) is 0 Å². The molecule has 0 aromatic carbocycles. The molecule has 1 unspecified atom stereocenters. The molecule has 0 nitrogen and oxygen atoms in total. The number of halogens is 7. The van der Waals surface area contributed by atoms with Crippen LogP contribution >= 0.6 is 22.6 Å². The van der Waals surface area contributed by atoms with Crippen LogP contribution in [-0.2, 0) is 0 Å². The van der Waals surface area contributed by atoms with E-state index < -0.39 is 30.3 Å². The quantitative estimate of drug-likeness (QED) is 0.453. The molecule has 0 saturated heterocycles. The second-order valence-electron chi connectivity index (χ2n) is 3.04. The van der Waals surface area contributed by atoms with E-state index in [4.69, 9.17) is 0 Å². The predicted molar refractivity (Wildman–Crippen MR) is 50.4 cm³/mol. The number of hydrogen-bond donors (Lipinski definition) is 0. The van der Waals surface area contributed by atoms with Crippen molar-refractivity contribution in [3.8, 4) is 0 Å². The Bertz CT molecular complexity index is 308. The predicted octanol–water partition coefficient (Wildman–Crippen LogP) is 4.38. The van der Waals surface area contributed by atoms with E-state index in [0.29, 0.717) is 0 Å². The highest BCUT2D eigenvalue weighted by Gasteiger charge is 2.45. The minimum atomic E-state index is -4.69. The third kappa shape index (κ3) is 3.12. The fourth-order valence-corrected chi connectivity index (χ4v) is 1.90. The standard InChI is InChI=1S/C8H5F6I/c9-7(10,11)4-1-2-6(15)5(3-4)8(12,13)14/h1-2,4H,3H2. The maximum absolute atomic E-state index is 12.3. The van der Waals surface area contributed by atoms with Crippen molar-refractivity contribution in [3.05, 3.63) is 21.3 Å². The van der Waals surface area contributed by atoms with Crippen LogP contribution in [0.2, 0.25) is 0 Å². The molecule has 0 aromatic rings. The molecule has 0 radical (unpaired) electrons. The molecule has 7 heteroatoms. The van der Waals surface area contributed by atoms with Crippen molar-refractivity contribution >= 4 is 22.6 Å². The molecule has 0 N–H and O–H groups in total. The molecule has 0 aliphatic heterocycles. The van der Waals surface area contributed by atoms with E-state index in [1.165, 1.54) is 22.6 Å². The van der Waals surface area contributed by atoms with E-state index in [1.807, 2.05) is 0 Å². The van der Waals surface area contributed by atoms with Crippen molar-refractivity contribution in [2.45, 2.75) is 18.8 Å². The fraction of sp³-hybridized carbons (Fsp3) is 0.500. The van der Waals surface area contributed by atoms with E-state index in [-0.39, 0.29) is 3.58 Å². The normalized spacial score (nSPS) is 23.5. The molecule has 1 atom stereocenters. The summed E-state index contributed by atoms with van der Waals surface area (Å²) in [5.74, 6) is -2.03. The molecule has 0 saturated carbocycles. The van der Waals surface area contributed by atoms with Crippen molar-refractivity contribution in [3.63, 3.8) is 0 Å². The van der Waals surface area contributed by atoms with Crippen molar-refractivity contribution in [1.29, 1.82) is 0 Å². The van der Waals surface area contributed by atoms with Gasteiger partial charge in [0.1, 0.15) is 0 Å². The van der Waals surface area contributed by atoms with Crippen molar-refractivity contribution in [2.75, 3.05) is 0 Å². The van der Waals surface area contributed by atoms with Crippen LogP contribution in [0.3, 0.4) is 0 Å². The highest BCUT2D eigenvalue weighted by Crippen LogP contribution is 2.43. The summed E-state index contributed by atoms with van der Waals surface area (Å²) in [6.45, 7) is 0. The molecule has 86 valence electrons. The van der Waals surface area contributed by atoms with Gasteiger partial charge in [0, 0.05) is 9.15 Å². The zero-order chi connectivity index (χ0) is 11.9. The molecular formula is C8H5F6I. The van der Waals surface area contributed by atoms with Crippen LogP contribution in [0.1, 0.15) is 6.42 Å². The van der Waals surface area contributed by atoms with Crippen molar-refractivity contribution < 1.29 is 26.3 Å². The molecule has 15 heavy (non-hydrogen) atoms. The topological polar surface area (TPSA) is 0 Å². The summed E-state index contributed by atoms with van der Waals surface area (Å²) < 4.78 is 73.2. The first-order chi connectivity index (χ1) is 6.62. The van der Waals surface area contributed by atoms with Gasteiger partial charge in [-0.05, 0) is 29.0 Å². The van der Waals surface area contributed by atoms with E-state index in [1.54, 1.807) is 0 Å². The lowest BCUT2D eigenvalue weighted by Crippen LogP contribution is -2.27. The van der Waals surface area contributed by atoms with Gasteiger partial charge in [0.25, 0.3) is 0 Å². The summed E-state index contributed by atoms with van der Waals surface area (Å²) in [5.41, 5.74) is -1.10. The summed E-state index contributed by atoms with van der Waals surface area (Å²) in [4.78, 5) is 0. The monoisotopic (exact) mass is 342 g/mol. The smallest absolute Gasteiger partial charge is 0.170 e. The molecule has 0 spiro atoms. The minimum Gasteiger partial charge on any atom is -0.170 e. The summed E-state index contributed by atoms with van der Waals surface area (Å²) in [7, 11) is 0. The summed E-state index contributed by atoms with van der Waals surface area (Å²) in [6, 6.07) is 0. The summed E-state index contributed by atoms with van der Waals surface area (Å²) in [5, 5.41) is 0. The van der Waals surface area contributed by atoms with Gasteiger partial charge in [-0.1, -0.05) is 12.2 Å². The largest absolute Gasteiger partial charge is 0.413 e. The number of hydrogen-bond acceptors (Lipinski definition) is 0. The first-order valence-corrected chi connectivity index (χ1v) is 4.91. The van der Waals surface area contributed by atoms with Crippen LogP contribution in [0.4, 0.5) is 26.3 Å². The maximum Gasteiger partial charge on any atom is 0.413 e. The average Bonchev–Trinajstić information content (AvgIpc) is 2.00. The van der Waals surface area contributed by atoms with Crippen molar-refractivity contribution in [1.82, 2.24) is 0 Å². The zero-order valence-corrected chi connectivity index (χ0v) is 9.24. The second-order valence-corrected chi connectivity index (χ2v) is 4.20. The Labute approximate surface area is 95.2 Å². The zero-order valence-electron chi connectivity index (χ0n) is 7.08. The molecule has 1 aliphatic rings. The maximum atomic E-state index is 12.3. The molecule has 1 aliphatic carbocycles. The van der Waals surface area contributed by atoms with E-state index >= 15 is 0 Å². The van der Waals surface area contributed by atoms with Crippen LogP contribution in [-0.4, -0.2) is 12.4 Å².